The zero-order chi connectivity index (χ0) is 18.4. The maximum absolute atomic E-state index is 12.3. The maximum Gasteiger partial charge on any atom is 0.354 e. The first-order valence-corrected chi connectivity index (χ1v) is 9.48. The summed E-state index contributed by atoms with van der Waals surface area (Å²) in [4.78, 5) is 27.2. The average Bonchev–Trinajstić information content (AvgIpc) is 3.50. The largest absolute Gasteiger partial charge is 0.464 e. The summed E-state index contributed by atoms with van der Waals surface area (Å²) in [6.07, 6.45) is 5.37. The van der Waals surface area contributed by atoms with Gasteiger partial charge in [-0.05, 0) is 18.9 Å². The highest BCUT2D eigenvalue weighted by Gasteiger charge is 2.29. The summed E-state index contributed by atoms with van der Waals surface area (Å²) in [6, 6.07) is 8.01. The number of aromatic nitrogens is 3. The molecule has 0 bridgehead atoms. The second kappa shape index (κ2) is 6.46. The lowest BCUT2D eigenvalue weighted by Crippen LogP contribution is -2.31. The monoisotopic (exact) mass is 362 g/mol. The van der Waals surface area contributed by atoms with E-state index in [1.807, 2.05) is 24.4 Å². The van der Waals surface area contributed by atoms with E-state index in [4.69, 9.17) is 9.72 Å². The number of hydrogen-bond acceptors (Lipinski definition) is 5. The number of carbonyl (C=O) groups is 1. The standard InChI is InChI=1S/C21H22N4O2/c1-27-21(26)19-16(15-4-2-3-5-18(15)23-19)12-25-9-8-17-14(11-25)10-22-20(24-17)13-6-7-13/h2-5,10,13,23H,6-9,11-12H2,1H3. The molecule has 1 N–H and O–H groups in total. The molecule has 0 atom stereocenters. The molecule has 0 radical (unpaired) electrons. The zero-order valence-corrected chi connectivity index (χ0v) is 15.4. The van der Waals surface area contributed by atoms with Crippen LogP contribution in [-0.2, 0) is 24.2 Å². The van der Waals surface area contributed by atoms with Gasteiger partial charge in [0.2, 0.25) is 0 Å². The molecular formula is C21H22N4O2. The maximum atomic E-state index is 12.3. The Morgan fingerprint density at radius 1 is 1.33 bits per heavy atom. The van der Waals surface area contributed by atoms with Gasteiger partial charge in [-0.1, -0.05) is 18.2 Å². The third-order valence-corrected chi connectivity index (χ3v) is 5.56. The first-order chi connectivity index (χ1) is 13.2. The number of methoxy groups -OCH3 is 1. The topological polar surface area (TPSA) is 71.1 Å². The van der Waals surface area contributed by atoms with Gasteiger partial charge in [0, 0.05) is 65.9 Å². The summed E-state index contributed by atoms with van der Waals surface area (Å²) >= 11 is 0. The Morgan fingerprint density at radius 3 is 3.00 bits per heavy atom. The fourth-order valence-electron chi connectivity index (χ4n) is 3.93. The van der Waals surface area contributed by atoms with Gasteiger partial charge < -0.3 is 9.72 Å². The van der Waals surface area contributed by atoms with Crippen LogP contribution in [0, 0.1) is 0 Å². The lowest BCUT2D eigenvalue weighted by molar-refractivity contribution is 0.0592. The van der Waals surface area contributed by atoms with E-state index in [1.165, 1.54) is 31.2 Å². The van der Waals surface area contributed by atoms with E-state index in [9.17, 15) is 4.79 Å². The van der Waals surface area contributed by atoms with Crippen LogP contribution < -0.4 is 0 Å². The summed E-state index contributed by atoms with van der Waals surface area (Å²) in [5.41, 5.74) is 4.89. The Labute approximate surface area is 157 Å². The van der Waals surface area contributed by atoms with E-state index in [2.05, 4.69) is 20.9 Å². The molecular weight excluding hydrogens is 340 g/mol. The van der Waals surface area contributed by atoms with Crippen molar-refractivity contribution in [1.29, 1.82) is 0 Å². The van der Waals surface area contributed by atoms with Gasteiger partial charge in [-0.25, -0.2) is 14.8 Å². The van der Waals surface area contributed by atoms with Crippen LogP contribution >= 0.6 is 0 Å². The molecule has 5 rings (SSSR count). The lowest BCUT2D eigenvalue weighted by Gasteiger charge is -2.28. The van der Waals surface area contributed by atoms with Gasteiger partial charge in [0.1, 0.15) is 11.5 Å². The molecule has 6 nitrogen and oxygen atoms in total. The molecule has 138 valence electrons. The van der Waals surface area contributed by atoms with Crippen LogP contribution in [0.2, 0.25) is 0 Å². The normalized spacial score (nSPS) is 17.1. The summed E-state index contributed by atoms with van der Waals surface area (Å²) in [7, 11) is 1.42. The Hall–Kier alpha value is -2.73. The molecule has 0 unspecified atom stereocenters. The van der Waals surface area contributed by atoms with Crippen molar-refractivity contribution in [3.05, 3.63) is 58.8 Å². The van der Waals surface area contributed by atoms with E-state index in [0.29, 0.717) is 18.2 Å². The fraction of sp³-hybridized carbons (Fsp3) is 0.381. The molecule has 0 spiro atoms. The summed E-state index contributed by atoms with van der Waals surface area (Å²) < 4.78 is 4.98. The smallest absolute Gasteiger partial charge is 0.354 e. The third-order valence-electron chi connectivity index (χ3n) is 5.56. The molecule has 2 aromatic heterocycles. The quantitative estimate of drug-likeness (QED) is 0.722. The Kier molecular flexibility index (Phi) is 3.93. The Morgan fingerprint density at radius 2 is 2.19 bits per heavy atom. The number of nitrogens with one attached hydrogen (secondary N) is 1. The van der Waals surface area contributed by atoms with E-state index in [0.717, 1.165) is 41.8 Å². The fourth-order valence-corrected chi connectivity index (χ4v) is 3.93. The Bertz CT molecular complexity index is 1020. The first kappa shape index (κ1) is 16.4. The first-order valence-electron chi connectivity index (χ1n) is 9.48. The number of para-hydroxylation sites is 1. The minimum atomic E-state index is -0.323. The predicted octanol–water partition coefficient (Wildman–Crippen LogP) is 3.18. The number of H-pyrrole nitrogens is 1. The highest BCUT2D eigenvalue weighted by Crippen LogP contribution is 2.38. The number of nitrogens with zero attached hydrogens (tertiary/aromatic N) is 3. The number of carbonyl (C=O) groups excluding carboxylic acids is 1. The lowest BCUT2D eigenvalue weighted by atomic mass is 10.0. The van der Waals surface area contributed by atoms with Crippen molar-refractivity contribution < 1.29 is 9.53 Å². The van der Waals surface area contributed by atoms with Crippen molar-refractivity contribution in [2.75, 3.05) is 13.7 Å². The number of esters is 1. The summed E-state index contributed by atoms with van der Waals surface area (Å²) in [5, 5.41) is 1.07. The molecule has 1 aromatic carbocycles. The minimum absolute atomic E-state index is 0.323. The van der Waals surface area contributed by atoms with Crippen LogP contribution in [0.1, 0.15) is 51.9 Å². The number of benzene rings is 1. The zero-order valence-electron chi connectivity index (χ0n) is 15.4. The van der Waals surface area contributed by atoms with Crippen LogP contribution in [0.4, 0.5) is 0 Å². The van der Waals surface area contributed by atoms with Gasteiger partial charge in [0.25, 0.3) is 0 Å². The van der Waals surface area contributed by atoms with Crippen molar-refractivity contribution in [2.24, 2.45) is 0 Å². The SMILES string of the molecule is COC(=O)c1[nH]c2ccccc2c1CN1CCc2nc(C3CC3)ncc2C1. The van der Waals surface area contributed by atoms with Crippen LogP contribution in [-0.4, -0.2) is 39.5 Å². The number of aromatic amines is 1. The van der Waals surface area contributed by atoms with Gasteiger partial charge in [-0.3, -0.25) is 4.90 Å². The van der Waals surface area contributed by atoms with Crippen molar-refractivity contribution in [3.63, 3.8) is 0 Å². The van der Waals surface area contributed by atoms with Gasteiger partial charge >= 0.3 is 5.97 Å². The molecule has 27 heavy (non-hydrogen) atoms. The van der Waals surface area contributed by atoms with Crippen LogP contribution in [0.25, 0.3) is 10.9 Å². The highest BCUT2D eigenvalue weighted by molar-refractivity contribution is 5.98. The van der Waals surface area contributed by atoms with Gasteiger partial charge in [-0.2, -0.15) is 0 Å². The molecule has 0 saturated heterocycles. The molecule has 0 amide bonds. The molecule has 3 heterocycles. The van der Waals surface area contributed by atoms with Gasteiger partial charge in [-0.15, -0.1) is 0 Å². The molecule has 1 fully saturated rings. The van der Waals surface area contributed by atoms with Crippen LogP contribution in [0.5, 0.6) is 0 Å². The number of fused-ring (bicyclic) bond motifs is 2. The molecule has 3 aromatic rings. The second-order valence-corrected chi connectivity index (χ2v) is 7.45. The Balaban J connectivity index is 1.43. The highest BCUT2D eigenvalue weighted by atomic mass is 16.5. The molecule has 2 aliphatic rings. The molecule has 6 heteroatoms. The van der Waals surface area contributed by atoms with Crippen molar-refractivity contribution in [2.45, 2.75) is 38.3 Å². The third kappa shape index (κ3) is 3.00. The van der Waals surface area contributed by atoms with E-state index in [1.54, 1.807) is 0 Å². The van der Waals surface area contributed by atoms with E-state index in [-0.39, 0.29) is 5.97 Å². The second-order valence-electron chi connectivity index (χ2n) is 7.45. The number of ether oxygens (including phenoxy) is 1. The van der Waals surface area contributed by atoms with Gasteiger partial charge in [0.05, 0.1) is 7.11 Å². The number of hydrogen-bond donors (Lipinski definition) is 1. The van der Waals surface area contributed by atoms with Crippen molar-refractivity contribution in [1.82, 2.24) is 19.9 Å². The molecule has 1 aliphatic heterocycles. The molecule has 1 saturated carbocycles. The van der Waals surface area contributed by atoms with E-state index >= 15 is 0 Å². The minimum Gasteiger partial charge on any atom is -0.464 e. The summed E-state index contributed by atoms with van der Waals surface area (Å²) in [5.74, 6) is 1.28. The molecule has 1 aliphatic carbocycles. The number of rotatable bonds is 4. The van der Waals surface area contributed by atoms with E-state index < -0.39 is 0 Å². The van der Waals surface area contributed by atoms with Crippen molar-refractivity contribution >= 4 is 16.9 Å². The summed E-state index contributed by atoms with van der Waals surface area (Å²) in [6.45, 7) is 2.42. The van der Waals surface area contributed by atoms with Crippen LogP contribution in [0.15, 0.2) is 30.5 Å². The predicted molar refractivity (Wildman–Crippen MR) is 101 cm³/mol. The van der Waals surface area contributed by atoms with Crippen molar-refractivity contribution in [3.8, 4) is 0 Å². The average molecular weight is 362 g/mol. The van der Waals surface area contributed by atoms with Crippen LogP contribution in [0.3, 0.4) is 0 Å². The van der Waals surface area contributed by atoms with Gasteiger partial charge in [0.15, 0.2) is 0 Å².